The maximum absolute atomic E-state index is 13.5. The Bertz CT molecular complexity index is 947. The number of aromatic amines is 1. The van der Waals surface area contributed by atoms with Crippen LogP contribution in [-0.4, -0.2) is 17.4 Å². The Morgan fingerprint density at radius 3 is 2.56 bits per heavy atom. The third kappa shape index (κ3) is 3.38. The molecule has 25 heavy (non-hydrogen) atoms. The number of rotatable bonds is 4. The van der Waals surface area contributed by atoms with Gasteiger partial charge >= 0.3 is 0 Å². The van der Waals surface area contributed by atoms with Crippen LogP contribution in [0.4, 0.5) is 13.2 Å². The molecule has 0 bridgehead atoms. The van der Waals surface area contributed by atoms with Gasteiger partial charge in [-0.25, -0.2) is 13.2 Å². The number of fused-ring (bicyclic) bond motifs is 1. The molecule has 0 unspecified atom stereocenters. The zero-order valence-corrected chi connectivity index (χ0v) is 13.8. The van der Waals surface area contributed by atoms with Crippen LogP contribution in [0.15, 0.2) is 42.6 Å². The molecule has 0 fully saturated rings. The standard InChI is InChI=1S/C19H17F3N2O/c1-19(2,14-9-23-17-6-4-12(20)8-13(14)17)10-24-18(25)11-3-5-15(21)16(22)7-11/h3-9,23H,10H2,1-2H3,(H,24,25). The van der Waals surface area contributed by atoms with E-state index < -0.39 is 23.0 Å². The van der Waals surface area contributed by atoms with Crippen molar-refractivity contribution in [2.24, 2.45) is 0 Å². The van der Waals surface area contributed by atoms with Crippen molar-refractivity contribution >= 4 is 16.8 Å². The lowest BCUT2D eigenvalue weighted by molar-refractivity contribution is 0.0945. The minimum Gasteiger partial charge on any atom is -0.361 e. The summed E-state index contributed by atoms with van der Waals surface area (Å²) in [5, 5.41) is 3.46. The third-order valence-corrected chi connectivity index (χ3v) is 4.25. The first-order valence-corrected chi connectivity index (χ1v) is 7.78. The second kappa shape index (κ2) is 6.27. The zero-order chi connectivity index (χ0) is 18.2. The van der Waals surface area contributed by atoms with Crippen LogP contribution in [0.5, 0.6) is 0 Å². The minimum absolute atomic E-state index is 0.0414. The van der Waals surface area contributed by atoms with Crippen LogP contribution in [-0.2, 0) is 5.41 Å². The Morgan fingerprint density at radius 1 is 1.08 bits per heavy atom. The van der Waals surface area contributed by atoms with Crippen molar-refractivity contribution in [3.05, 3.63) is 71.2 Å². The quantitative estimate of drug-likeness (QED) is 0.727. The highest BCUT2D eigenvalue weighted by atomic mass is 19.2. The highest BCUT2D eigenvalue weighted by Gasteiger charge is 2.25. The van der Waals surface area contributed by atoms with Crippen molar-refractivity contribution in [1.82, 2.24) is 10.3 Å². The predicted octanol–water partition coefficient (Wildman–Crippen LogP) is 4.29. The number of nitrogens with one attached hydrogen (secondary N) is 2. The number of carbonyl (C=O) groups is 1. The third-order valence-electron chi connectivity index (χ3n) is 4.25. The number of hydrogen-bond donors (Lipinski definition) is 2. The summed E-state index contributed by atoms with van der Waals surface area (Å²) in [4.78, 5) is 15.3. The molecule has 0 aliphatic rings. The van der Waals surface area contributed by atoms with Gasteiger partial charge < -0.3 is 10.3 Å². The van der Waals surface area contributed by atoms with E-state index in [0.29, 0.717) is 0 Å². The monoisotopic (exact) mass is 346 g/mol. The van der Waals surface area contributed by atoms with Gasteiger partial charge in [-0.2, -0.15) is 0 Å². The Kier molecular flexibility index (Phi) is 4.29. The number of hydrogen-bond acceptors (Lipinski definition) is 1. The highest BCUT2D eigenvalue weighted by molar-refractivity contribution is 5.94. The molecule has 0 aliphatic heterocycles. The van der Waals surface area contributed by atoms with E-state index in [9.17, 15) is 18.0 Å². The molecular formula is C19H17F3N2O. The average molecular weight is 346 g/mol. The maximum atomic E-state index is 13.5. The molecule has 0 radical (unpaired) electrons. The van der Waals surface area contributed by atoms with Crippen molar-refractivity contribution in [3.63, 3.8) is 0 Å². The van der Waals surface area contributed by atoms with Gasteiger partial charge in [0.2, 0.25) is 0 Å². The lowest BCUT2D eigenvalue weighted by Crippen LogP contribution is -2.36. The second-order valence-corrected chi connectivity index (χ2v) is 6.59. The number of aromatic nitrogens is 1. The number of H-pyrrole nitrogens is 1. The molecule has 1 aromatic heterocycles. The van der Waals surface area contributed by atoms with E-state index in [1.165, 1.54) is 18.2 Å². The summed E-state index contributed by atoms with van der Waals surface area (Å²) in [5.41, 5.74) is 1.20. The largest absolute Gasteiger partial charge is 0.361 e. The van der Waals surface area contributed by atoms with Crippen molar-refractivity contribution in [1.29, 1.82) is 0 Å². The van der Waals surface area contributed by atoms with Crippen LogP contribution in [0.2, 0.25) is 0 Å². The number of amides is 1. The molecule has 3 aromatic rings. The maximum Gasteiger partial charge on any atom is 0.251 e. The van der Waals surface area contributed by atoms with Crippen LogP contribution in [0, 0.1) is 17.5 Å². The molecule has 0 spiro atoms. The van der Waals surface area contributed by atoms with Gasteiger partial charge in [0, 0.05) is 34.6 Å². The molecule has 0 saturated carbocycles. The average Bonchev–Trinajstić information content (AvgIpc) is 2.99. The topological polar surface area (TPSA) is 44.9 Å². The summed E-state index contributed by atoms with van der Waals surface area (Å²) >= 11 is 0. The van der Waals surface area contributed by atoms with Gasteiger partial charge in [-0.3, -0.25) is 4.79 Å². The molecule has 6 heteroatoms. The summed E-state index contributed by atoms with van der Waals surface area (Å²) in [5.74, 6) is -2.91. The molecule has 3 nitrogen and oxygen atoms in total. The summed E-state index contributed by atoms with van der Waals surface area (Å²) in [7, 11) is 0. The van der Waals surface area contributed by atoms with E-state index in [0.717, 1.165) is 28.6 Å². The summed E-state index contributed by atoms with van der Waals surface area (Å²) in [6, 6.07) is 7.48. The minimum atomic E-state index is -1.07. The fourth-order valence-corrected chi connectivity index (χ4v) is 2.79. The van der Waals surface area contributed by atoms with E-state index in [1.807, 2.05) is 13.8 Å². The highest BCUT2D eigenvalue weighted by Crippen LogP contribution is 2.30. The van der Waals surface area contributed by atoms with Gasteiger partial charge in [0.05, 0.1) is 0 Å². The van der Waals surface area contributed by atoms with E-state index in [-0.39, 0.29) is 17.9 Å². The first-order valence-electron chi connectivity index (χ1n) is 7.78. The van der Waals surface area contributed by atoms with Crippen molar-refractivity contribution < 1.29 is 18.0 Å². The summed E-state index contributed by atoms with van der Waals surface area (Å²) < 4.78 is 39.8. The molecule has 0 atom stereocenters. The van der Waals surface area contributed by atoms with Crippen LogP contribution in [0.3, 0.4) is 0 Å². The van der Waals surface area contributed by atoms with Gasteiger partial charge in [-0.15, -0.1) is 0 Å². The second-order valence-electron chi connectivity index (χ2n) is 6.59. The smallest absolute Gasteiger partial charge is 0.251 e. The number of halogens is 3. The SMILES string of the molecule is CC(C)(CNC(=O)c1ccc(F)c(F)c1)c1c[nH]c2ccc(F)cc12. The van der Waals surface area contributed by atoms with Gasteiger partial charge in [-0.05, 0) is 42.0 Å². The van der Waals surface area contributed by atoms with E-state index in [1.54, 1.807) is 12.3 Å². The predicted molar refractivity (Wildman–Crippen MR) is 90.0 cm³/mol. The molecular weight excluding hydrogens is 329 g/mol. The molecule has 2 aromatic carbocycles. The molecule has 1 heterocycles. The Balaban J connectivity index is 1.79. The fraction of sp³-hybridized carbons (Fsp3) is 0.211. The van der Waals surface area contributed by atoms with E-state index in [2.05, 4.69) is 10.3 Å². The van der Waals surface area contributed by atoms with Crippen molar-refractivity contribution in [2.45, 2.75) is 19.3 Å². The Morgan fingerprint density at radius 2 is 1.84 bits per heavy atom. The molecule has 3 rings (SSSR count). The first kappa shape index (κ1) is 17.1. The molecule has 1 amide bonds. The van der Waals surface area contributed by atoms with Gasteiger partial charge in [-0.1, -0.05) is 13.8 Å². The fourth-order valence-electron chi connectivity index (χ4n) is 2.79. The van der Waals surface area contributed by atoms with Crippen molar-refractivity contribution in [3.8, 4) is 0 Å². The summed E-state index contributed by atoms with van der Waals surface area (Å²) in [6.45, 7) is 4.06. The van der Waals surface area contributed by atoms with E-state index in [4.69, 9.17) is 0 Å². The van der Waals surface area contributed by atoms with Crippen LogP contribution in [0.1, 0.15) is 29.8 Å². The first-order chi connectivity index (χ1) is 11.8. The van der Waals surface area contributed by atoms with Gasteiger partial charge in [0.15, 0.2) is 11.6 Å². The lowest BCUT2D eigenvalue weighted by Gasteiger charge is -2.25. The van der Waals surface area contributed by atoms with Gasteiger partial charge in [0.1, 0.15) is 5.82 Å². The van der Waals surface area contributed by atoms with E-state index >= 15 is 0 Å². The van der Waals surface area contributed by atoms with Crippen molar-refractivity contribution in [2.75, 3.05) is 6.54 Å². The van der Waals surface area contributed by atoms with Crippen LogP contribution >= 0.6 is 0 Å². The Labute approximate surface area is 142 Å². The number of benzene rings is 2. The van der Waals surface area contributed by atoms with Gasteiger partial charge in [0.25, 0.3) is 5.91 Å². The normalized spacial score (nSPS) is 11.7. The number of carbonyl (C=O) groups excluding carboxylic acids is 1. The lowest BCUT2D eigenvalue weighted by atomic mass is 9.84. The zero-order valence-electron chi connectivity index (χ0n) is 13.8. The molecule has 0 aliphatic carbocycles. The Hall–Kier alpha value is -2.76. The van der Waals surface area contributed by atoms with Crippen LogP contribution in [0.25, 0.3) is 10.9 Å². The van der Waals surface area contributed by atoms with Crippen LogP contribution < -0.4 is 5.32 Å². The molecule has 130 valence electrons. The molecule has 0 saturated heterocycles. The molecule has 2 N–H and O–H groups in total. The summed E-state index contributed by atoms with van der Waals surface area (Å²) in [6.07, 6.45) is 1.79.